The van der Waals surface area contributed by atoms with Crippen molar-refractivity contribution in [3.63, 3.8) is 0 Å². The van der Waals surface area contributed by atoms with Crippen molar-refractivity contribution >= 4 is 27.6 Å². The number of hydrogen-bond donors (Lipinski definition) is 1. The maximum atomic E-state index is 11.0. The van der Waals surface area contributed by atoms with Crippen LogP contribution < -0.4 is 10.5 Å². The van der Waals surface area contributed by atoms with Gasteiger partial charge in [0, 0.05) is 10.7 Å². The van der Waals surface area contributed by atoms with E-state index in [0.717, 1.165) is 4.47 Å². The van der Waals surface area contributed by atoms with Crippen LogP contribution in [0, 0.1) is 0 Å². The van der Waals surface area contributed by atoms with Crippen LogP contribution in [0.4, 0.5) is 5.69 Å². The number of rotatable bonds is 4. The van der Waals surface area contributed by atoms with Crippen molar-refractivity contribution in [1.82, 2.24) is 4.98 Å². The summed E-state index contributed by atoms with van der Waals surface area (Å²) in [6, 6.07) is 1.65. The number of nitrogens with zero attached hydrogens (tertiary/aromatic N) is 1. The van der Waals surface area contributed by atoms with Gasteiger partial charge in [0.25, 0.3) is 0 Å². The number of aromatic nitrogens is 1. The lowest BCUT2D eigenvalue weighted by Gasteiger charge is -2.06. The van der Waals surface area contributed by atoms with Gasteiger partial charge in [-0.25, -0.2) is 9.78 Å². The zero-order valence-corrected chi connectivity index (χ0v) is 9.78. The quantitative estimate of drug-likeness (QED) is 0.840. The van der Waals surface area contributed by atoms with Crippen LogP contribution in [-0.4, -0.2) is 24.2 Å². The number of pyridine rings is 1. The largest absolute Gasteiger partial charge is 0.464 e. The fourth-order valence-corrected chi connectivity index (χ4v) is 1.24. The summed E-state index contributed by atoms with van der Waals surface area (Å²) in [5.74, 6) is -0.215. The summed E-state index contributed by atoms with van der Waals surface area (Å²) in [6.07, 6.45) is 1.54. The second-order valence-corrected chi connectivity index (χ2v) is 3.56. The number of halogens is 1. The lowest BCUT2D eigenvalue weighted by Crippen LogP contribution is -2.15. The van der Waals surface area contributed by atoms with Crippen molar-refractivity contribution in [1.29, 1.82) is 0 Å². The Morgan fingerprint density at radius 2 is 2.40 bits per heavy atom. The summed E-state index contributed by atoms with van der Waals surface area (Å²) >= 11 is 3.21. The van der Waals surface area contributed by atoms with Crippen molar-refractivity contribution in [3.8, 4) is 5.88 Å². The highest BCUT2D eigenvalue weighted by Gasteiger charge is 2.06. The summed E-state index contributed by atoms with van der Waals surface area (Å²) in [4.78, 5) is 14.9. The summed E-state index contributed by atoms with van der Waals surface area (Å²) in [5, 5.41) is 0. The number of nitrogens with two attached hydrogens (primary N) is 1. The van der Waals surface area contributed by atoms with E-state index >= 15 is 0 Å². The molecule has 2 N–H and O–H groups in total. The predicted octanol–water partition coefficient (Wildman–Crippen LogP) is 1.37. The number of anilines is 1. The summed E-state index contributed by atoms with van der Waals surface area (Å²) < 4.78 is 10.5. The molecule has 82 valence electrons. The minimum Gasteiger partial charge on any atom is -0.464 e. The van der Waals surface area contributed by atoms with Gasteiger partial charge >= 0.3 is 5.97 Å². The molecule has 0 unspecified atom stereocenters. The first-order valence-electron chi connectivity index (χ1n) is 4.33. The fraction of sp³-hybridized carbons (Fsp3) is 0.333. The van der Waals surface area contributed by atoms with E-state index in [1.54, 1.807) is 13.0 Å². The SMILES string of the molecule is CCOC(=O)COc1ncc(Br)cc1N. The Balaban J connectivity index is 2.54. The first-order chi connectivity index (χ1) is 7.13. The zero-order valence-electron chi connectivity index (χ0n) is 8.20. The minimum absolute atomic E-state index is 0.188. The molecule has 1 heterocycles. The van der Waals surface area contributed by atoms with Crippen LogP contribution in [0.5, 0.6) is 5.88 Å². The highest BCUT2D eigenvalue weighted by atomic mass is 79.9. The minimum atomic E-state index is -0.443. The van der Waals surface area contributed by atoms with Crippen molar-refractivity contribution in [3.05, 3.63) is 16.7 Å². The lowest BCUT2D eigenvalue weighted by molar-refractivity contribution is -0.145. The van der Waals surface area contributed by atoms with Crippen LogP contribution in [0.1, 0.15) is 6.92 Å². The van der Waals surface area contributed by atoms with Crippen LogP contribution in [0.3, 0.4) is 0 Å². The standard InChI is InChI=1S/C9H11BrN2O3/c1-2-14-8(13)5-15-9-7(11)3-6(10)4-12-9/h3-4H,2,5,11H2,1H3. The van der Waals surface area contributed by atoms with Crippen LogP contribution in [0.2, 0.25) is 0 Å². The Hall–Kier alpha value is -1.30. The van der Waals surface area contributed by atoms with Gasteiger partial charge in [-0.2, -0.15) is 0 Å². The maximum absolute atomic E-state index is 11.0. The van der Waals surface area contributed by atoms with Crippen LogP contribution in [0.25, 0.3) is 0 Å². The first-order valence-corrected chi connectivity index (χ1v) is 5.12. The molecule has 0 atom stereocenters. The van der Waals surface area contributed by atoms with Gasteiger partial charge in [-0.3, -0.25) is 0 Å². The van der Waals surface area contributed by atoms with E-state index < -0.39 is 5.97 Å². The molecule has 0 aliphatic heterocycles. The number of nitrogen functional groups attached to an aromatic ring is 1. The van der Waals surface area contributed by atoms with Crippen LogP contribution >= 0.6 is 15.9 Å². The third-order valence-electron chi connectivity index (χ3n) is 1.48. The molecular weight excluding hydrogens is 264 g/mol. The molecule has 1 aromatic rings. The Bertz CT molecular complexity index is 357. The van der Waals surface area contributed by atoms with E-state index in [-0.39, 0.29) is 12.5 Å². The summed E-state index contributed by atoms with van der Waals surface area (Å²) in [6.45, 7) is 1.86. The van der Waals surface area contributed by atoms with Gasteiger partial charge in [0.2, 0.25) is 5.88 Å². The molecule has 15 heavy (non-hydrogen) atoms. The van der Waals surface area contributed by atoms with Gasteiger partial charge in [-0.15, -0.1) is 0 Å². The number of carbonyl (C=O) groups is 1. The van der Waals surface area contributed by atoms with E-state index in [1.165, 1.54) is 6.20 Å². The molecule has 0 amide bonds. The van der Waals surface area contributed by atoms with Crippen LogP contribution in [0.15, 0.2) is 16.7 Å². The van der Waals surface area contributed by atoms with E-state index in [4.69, 9.17) is 10.5 Å². The highest BCUT2D eigenvalue weighted by molar-refractivity contribution is 9.10. The molecule has 6 heteroatoms. The third-order valence-corrected chi connectivity index (χ3v) is 1.91. The molecule has 0 fully saturated rings. The third kappa shape index (κ3) is 3.75. The van der Waals surface area contributed by atoms with Gasteiger partial charge in [0.15, 0.2) is 6.61 Å². The van der Waals surface area contributed by atoms with Gasteiger partial charge in [0.05, 0.1) is 12.3 Å². The number of carbonyl (C=O) groups excluding carboxylic acids is 1. The number of ether oxygens (including phenoxy) is 2. The van der Waals surface area contributed by atoms with Crippen LogP contribution in [-0.2, 0) is 9.53 Å². The van der Waals surface area contributed by atoms with E-state index in [0.29, 0.717) is 12.3 Å². The summed E-state index contributed by atoms with van der Waals surface area (Å²) in [5.41, 5.74) is 5.98. The van der Waals surface area contributed by atoms with Crippen molar-refractivity contribution in [2.24, 2.45) is 0 Å². The fourth-order valence-electron chi connectivity index (χ4n) is 0.893. The van der Waals surface area contributed by atoms with Gasteiger partial charge in [-0.05, 0) is 28.9 Å². The monoisotopic (exact) mass is 274 g/mol. The Morgan fingerprint density at radius 1 is 1.67 bits per heavy atom. The Morgan fingerprint density at radius 3 is 3.00 bits per heavy atom. The molecule has 0 saturated carbocycles. The average Bonchev–Trinajstić information content (AvgIpc) is 2.17. The normalized spacial score (nSPS) is 9.73. The molecule has 0 bridgehead atoms. The van der Waals surface area contributed by atoms with Gasteiger partial charge in [-0.1, -0.05) is 0 Å². The number of hydrogen-bond acceptors (Lipinski definition) is 5. The van der Waals surface area contributed by atoms with E-state index in [2.05, 4.69) is 25.7 Å². The van der Waals surface area contributed by atoms with E-state index in [9.17, 15) is 4.79 Å². The predicted molar refractivity (Wildman–Crippen MR) is 58.5 cm³/mol. The molecule has 0 aliphatic carbocycles. The summed E-state index contributed by atoms with van der Waals surface area (Å²) in [7, 11) is 0. The lowest BCUT2D eigenvalue weighted by atomic mass is 10.4. The molecule has 5 nitrogen and oxygen atoms in total. The topological polar surface area (TPSA) is 74.4 Å². The van der Waals surface area contributed by atoms with Crippen molar-refractivity contribution in [2.75, 3.05) is 18.9 Å². The molecule has 0 saturated heterocycles. The molecule has 0 aromatic carbocycles. The Labute approximate surface area is 95.7 Å². The molecule has 0 aliphatic rings. The van der Waals surface area contributed by atoms with Gasteiger partial charge < -0.3 is 15.2 Å². The van der Waals surface area contributed by atoms with Crippen molar-refractivity contribution in [2.45, 2.75) is 6.92 Å². The first kappa shape index (κ1) is 11.8. The van der Waals surface area contributed by atoms with E-state index in [1.807, 2.05) is 0 Å². The number of esters is 1. The molecule has 0 radical (unpaired) electrons. The molecule has 1 rings (SSSR count). The zero-order chi connectivity index (χ0) is 11.3. The average molecular weight is 275 g/mol. The maximum Gasteiger partial charge on any atom is 0.344 e. The highest BCUT2D eigenvalue weighted by Crippen LogP contribution is 2.21. The molecule has 1 aromatic heterocycles. The molecular formula is C9H11BrN2O3. The smallest absolute Gasteiger partial charge is 0.344 e. The van der Waals surface area contributed by atoms with Gasteiger partial charge in [0.1, 0.15) is 0 Å². The molecule has 0 spiro atoms. The second-order valence-electron chi connectivity index (χ2n) is 2.64. The Kier molecular flexibility index (Phi) is 4.36. The second kappa shape index (κ2) is 5.55. The van der Waals surface area contributed by atoms with Crippen molar-refractivity contribution < 1.29 is 14.3 Å².